The van der Waals surface area contributed by atoms with Gasteiger partial charge < -0.3 is 15.5 Å². The van der Waals surface area contributed by atoms with Crippen LogP contribution in [0.15, 0.2) is 59.6 Å². The summed E-state index contributed by atoms with van der Waals surface area (Å²) in [5, 5.41) is 6.54. The van der Waals surface area contributed by atoms with Crippen LogP contribution in [0.2, 0.25) is 0 Å². The molecular weight excluding hydrogens is 315 g/mol. The first-order valence-electron chi connectivity index (χ1n) is 8.59. The van der Waals surface area contributed by atoms with Crippen molar-refractivity contribution in [2.24, 2.45) is 4.99 Å². The van der Waals surface area contributed by atoms with Crippen molar-refractivity contribution in [3.05, 3.63) is 71.5 Å². The van der Waals surface area contributed by atoms with Gasteiger partial charge in [0.25, 0.3) is 0 Å². The molecule has 2 rings (SSSR count). The van der Waals surface area contributed by atoms with Gasteiger partial charge in [0.05, 0.1) is 0 Å². The van der Waals surface area contributed by atoms with Crippen LogP contribution in [0, 0.1) is 5.82 Å². The highest BCUT2D eigenvalue weighted by Gasteiger charge is 2.01. The summed E-state index contributed by atoms with van der Waals surface area (Å²) >= 11 is 0. The average Bonchev–Trinajstić information content (AvgIpc) is 2.63. The Morgan fingerprint density at radius 2 is 1.72 bits per heavy atom. The molecule has 2 N–H and O–H groups in total. The maximum absolute atomic E-state index is 12.9. The molecule has 0 aliphatic carbocycles. The Bertz CT molecular complexity index is 641. The number of rotatable bonds is 8. The first-order chi connectivity index (χ1) is 12.2. The standard InChI is InChI=1S/C20H27FN4/c1-22-20(24-15-17-9-11-19(21)12-10-17)23-13-6-14-25(2)16-18-7-4-3-5-8-18/h3-5,7-12H,6,13-16H2,1-2H3,(H2,22,23,24). The molecule has 0 unspecified atom stereocenters. The van der Waals surface area contributed by atoms with E-state index in [4.69, 9.17) is 0 Å². The molecular formula is C20H27FN4. The highest BCUT2D eigenvalue weighted by Crippen LogP contribution is 2.03. The van der Waals surface area contributed by atoms with Crippen LogP contribution in [0.5, 0.6) is 0 Å². The lowest BCUT2D eigenvalue weighted by Crippen LogP contribution is -2.38. The fourth-order valence-corrected chi connectivity index (χ4v) is 2.54. The first-order valence-corrected chi connectivity index (χ1v) is 8.59. The summed E-state index contributed by atoms with van der Waals surface area (Å²) in [4.78, 5) is 6.52. The van der Waals surface area contributed by atoms with Crippen molar-refractivity contribution in [2.75, 3.05) is 27.2 Å². The molecule has 0 heterocycles. The Labute approximate surface area is 149 Å². The zero-order valence-corrected chi connectivity index (χ0v) is 15.0. The third-order valence-corrected chi connectivity index (χ3v) is 3.90. The Kier molecular flexibility index (Phi) is 7.92. The van der Waals surface area contributed by atoms with Gasteiger partial charge in [-0.15, -0.1) is 0 Å². The third kappa shape index (κ3) is 7.35. The minimum atomic E-state index is -0.217. The van der Waals surface area contributed by atoms with Crippen molar-refractivity contribution in [2.45, 2.75) is 19.5 Å². The van der Waals surface area contributed by atoms with E-state index in [-0.39, 0.29) is 5.82 Å². The van der Waals surface area contributed by atoms with E-state index in [1.807, 2.05) is 6.07 Å². The smallest absolute Gasteiger partial charge is 0.191 e. The van der Waals surface area contributed by atoms with E-state index in [2.05, 4.69) is 51.8 Å². The van der Waals surface area contributed by atoms with Crippen molar-refractivity contribution < 1.29 is 4.39 Å². The van der Waals surface area contributed by atoms with Gasteiger partial charge >= 0.3 is 0 Å². The molecule has 0 radical (unpaired) electrons. The molecule has 2 aromatic rings. The molecule has 0 amide bonds. The normalized spacial score (nSPS) is 11.6. The Morgan fingerprint density at radius 3 is 2.40 bits per heavy atom. The lowest BCUT2D eigenvalue weighted by atomic mass is 10.2. The van der Waals surface area contributed by atoms with E-state index in [0.29, 0.717) is 6.54 Å². The van der Waals surface area contributed by atoms with Crippen LogP contribution in [0.25, 0.3) is 0 Å². The summed E-state index contributed by atoms with van der Waals surface area (Å²) in [5.41, 5.74) is 2.35. The first kappa shape index (κ1) is 18.9. The van der Waals surface area contributed by atoms with E-state index in [0.717, 1.165) is 37.6 Å². The molecule has 0 fully saturated rings. The number of aliphatic imine (C=N–C) groups is 1. The topological polar surface area (TPSA) is 39.7 Å². The molecule has 5 heteroatoms. The van der Waals surface area contributed by atoms with Crippen LogP contribution in [0.1, 0.15) is 17.5 Å². The fraction of sp³-hybridized carbons (Fsp3) is 0.350. The second-order valence-electron chi connectivity index (χ2n) is 6.06. The van der Waals surface area contributed by atoms with Crippen molar-refractivity contribution in [3.63, 3.8) is 0 Å². The summed E-state index contributed by atoms with van der Waals surface area (Å²) in [6.45, 7) is 3.44. The number of guanidine groups is 1. The van der Waals surface area contributed by atoms with E-state index in [1.54, 1.807) is 19.2 Å². The highest BCUT2D eigenvalue weighted by atomic mass is 19.1. The van der Waals surface area contributed by atoms with Crippen molar-refractivity contribution >= 4 is 5.96 Å². The zero-order chi connectivity index (χ0) is 17.9. The van der Waals surface area contributed by atoms with Gasteiger partial charge in [0.15, 0.2) is 5.96 Å². The van der Waals surface area contributed by atoms with Gasteiger partial charge in [0, 0.05) is 26.7 Å². The lowest BCUT2D eigenvalue weighted by Gasteiger charge is -2.17. The maximum Gasteiger partial charge on any atom is 0.191 e. The highest BCUT2D eigenvalue weighted by molar-refractivity contribution is 5.79. The molecule has 0 aliphatic rings. The van der Waals surface area contributed by atoms with Crippen molar-refractivity contribution in [1.29, 1.82) is 0 Å². The Morgan fingerprint density at radius 1 is 1.00 bits per heavy atom. The van der Waals surface area contributed by atoms with Crippen molar-refractivity contribution in [1.82, 2.24) is 15.5 Å². The largest absolute Gasteiger partial charge is 0.356 e. The lowest BCUT2D eigenvalue weighted by molar-refractivity contribution is 0.322. The van der Waals surface area contributed by atoms with E-state index < -0.39 is 0 Å². The molecule has 0 spiro atoms. The molecule has 0 atom stereocenters. The van der Waals surface area contributed by atoms with Gasteiger partial charge in [-0.05, 0) is 43.3 Å². The summed E-state index contributed by atoms with van der Waals surface area (Å²) in [6.07, 6.45) is 1.03. The number of halogens is 1. The monoisotopic (exact) mass is 342 g/mol. The molecule has 0 aromatic heterocycles. The van der Waals surface area contributed by atoms with Crippen LogP contribution in [-0.4, -0.2) is 38.0 Å². The summed E-state index contributed by atoms with van der Waals surface area (Å²) in [6, 6.07) is 17.0. The average molecular weight is 342 g/mol. The van der Waals surface area contributed by atoms with E-state index >= 15 is 0 Å². The molecule has 0 saturated heterocycles. The quantitative estimate of drug-likeness (QED) is 0.440. The second-order valence-corrected chi connectivity index (χ2v) is 6.06. The number of hydrogen-bond acceptors (Lipinski definition) is 2. The van der Waals surface area contributed by atoms with Crippen LogP contribution in [0.4, 0.5) is 4.39 Å². The van der Waals surface area contributed by atoms with Crippen LogP contribution >= 0.6 is 0 Å². The zero-order valence-electron chi connectivity index (χ0n) is 15.0. The molecule has 4 nitrogen and oxygen atoms in total. The predicted octanol–water partition coefficient (Wildman–Crippen LogP) is 3.01. The summed E-state index contributed by atoms with van der Waals surface area (Å²) in [5.74, 6) is 0.543. The van der Waals surface area contributed by atoms with Crippen LogP contribution in [-0.2, 0) is 13.1 Å². The third-order valence-electron chi connectivity index (χ3n) is 3.90. The van der Waals surface area contributed by atoms with Gasteiger partial charge in [0.2, 0.25) is 0 Å². The SMILES string of the molecule is CN=C(NCCCN(C)Cc1ccccc1)NCc1ccc(F)cc1. The van der Waals surface area contributed by atoms with Gasteiger partial charge in [-0.2, -0.15) is 0 Å². The fourth-order valence-electron chi connectivity index (χ4n) is 2.54. The minimum absolute atomic E-state index is 0.217. The molecule has 0 saturated carbocycles. The summed E-state index contributed by atoms with van der Waals surface area (Å²) < 4.78 is 12.9. The Balaban J connectivity index is 1.63. The molecule has 0 bridgehead atoms. The number of hydrogen-bond donors (Lipinski definition) is 2. The van der Waals surface area contributed by atoms with Crippen LogP contribution < -0.4 is 10.6 Å². The predicted molar refractivity (Wildman–Crippen MR) is 102 cm³/mol. The summed E-state index contributed by atoms with van der Waals surface area (Å²) in [7, 11) is 3.89. The van der Waals surface area contributed by atoms with E-state index in [9.17, 15) is 4.39 Å². The number of benzene rings is 2. The second kappa shape index (κ2) is 10.5. The van der Waals surface area contributed by atoms with Crippen LogP contribution in [0.3, 0.4) is 0 Å². The van der Waals surface area contributed by atoms with Gasteiger partial charge in [0.1, 0.15) is 5.82 Å². The molecule has 134 valence electrons. The number of nitrogens with zero attached hydrogens (tertiary/aromatic N) is 2. The number of nitrogens with one attached hydrogen (secondary N) is 2. The van der Waals surface area contributed by atoms with Gasteiger partial charge in [-0.3, -0.25) is 4.99 Å². The van der Waals surface area contributed by atoms with E-state index in [1.165, 1.54) is 17.7 Å². The van der Waals surface area contributed by atoms with Gasteiger partial charge in [-0.25, -0.2) is 4.39 Å². The Hall–Kier alpha value is -2.40. The molecule has 2 aromatic carbocycles. The maximum atomic E-state index is 12.9. The minimum Gasteiger partial charge on any atom is -0.356 e. The molecule has 25 heavy (non-hydrogen) atoms. The van der Waals surface area contributed by atoms with Crippen molar-refractivity contribution in [3.8, 4) is 0 Å². The molecule has 0 aliphatic heterocycles. The van der Waals surface area contributed by atoms with Gasteiger partial charge in [-0.1, -0.05) is 42.5 Å².